The summed E-state index contributed by atoms with van der Waals surface area (Å²) in [6.45, 7) is 7.56. The Balaban J connectivity index is 1.71. The first-order valence-corrected chi connectivity index (χ1v) is 8.72. The first-order chi connectivity index (χ1) is 10.1. The predicted octanol–water partition coefficient (Wildman–Crippen LogP) is 3.65. The summed E-state index contributed by atoms with van der Waals surface area (Å²) in [5, 5.41) is 0. The van der Waals surface area contributed by atoms with Gasteiger partial charge in [0.25, 0.3) is 0 Å². The van der Waals surface area contributed by atoms with Crippen LogP contribution in [-0.2, 0) is 19.2 Å². The maximum Gasteiger partial charge on any atom is 0.204 e. The summed E-state index contributed by atoms with van der Waals surface area (Å²) in [6, 6.07) is 0. The van der Waals surface area contributed by atoms with E-state index in [2.05, 4.69) is 20.8 Å². The number of hydrogen-bond acceptors (Lipinski definition) is 4. The Labute approximate surface area is 127 Å². The Kier molecular flexibility index (Phi) is 3.38. The quantitative estimate of drug-likeness (QED) is 0.729. The van der Waals surface area contributed by atoms with Crippen LogP contribution in [0.25, 0.3) is 0 Å². The molecule has 5 rings (SSSR count). The second-order valence-corrected chi connectivity index (χ2v) is 8.03. The van der Waals surface area contributed by atoms with Gasteiger partial charge in [0.1, 0.15) is 0 Å². The minimum Gasteiger partial charge on any atom is -0.349 e. The van der Waals surface area contributed by atoms with Gasteiger partial charge >= 0.3 is 0 Å². The summed E-state index contributed by atoms with van der Waals surface area (Å²) < 4.78 is 12.5. The summed E-state index contributed by atoms with van der Waals surface area (Å²) >= 11 is 0. The van der Waals surface area contributed by atoms with E-state index in [4.69, 9.17) is 19.2 Å². The molecular weight excluding hydrogens is 268 g/mol. The fourth-order valence-corrected chi connectivity index (χ4v) is 5.27. The van der Waals surface area contributed by atoms with Gasteiger partial charge in [-0.05, 0) is 49.4 Å². The maximum absolute atomic E-state index is 6.42. The van der Waals surface area contributed by atoms with E-state index in [1.54, 1.807) is 0 Å². The highest BCUT2D eigenvalue weighted by Gasteiger charge is 2.67. The lowest BCUT2D eigenvalue weighted by atomic mass is 9.61. The molecule has 1 aliphatic carbocycles. The highest BCUT2D eigenvalue weighted by Crippen LogP contribution is 2.59. The summed E-state index contributed by atoms with van der Waals surface area (Å²) in [6.07, 6.45) is 6.27. The van der Waals surface area contributed by atoms with E-state index in [1.807, 2.05) is 0 Å². The molecule has 6 atom stereocenters. The van der Waals surface area contributed by atoms with Gasteiger partial charge in [-0.2, -0.15) is 0 Å². The van der Waals surface area contributed by atoms with Gasteiger partial charge in [0.15, 0.2) is 11.9 Å². The van der Waals surface area contributed by atoms with Gasteiger partial charge < -0.3 is 9.47 Å². The number of hydrogen-bond donors (Lipinski definition) is 0. The van der Waals surface area contributed by atoms with Crippen LogP contribution < -0.4 is 0 Å². The molecule has 4 heteroatoms. The van der Waals surface area contributed by atoms with Gasteiger partial charge in [-0.15, -0.1) is 0 Å². The van der Waals surface area contributed by atoms with Gasteiger partial charge in [-0.1, -0.05) is 20.8 Å². The molecule has 0 aromatic rings. The third-order valence-corrected chi connectivity index (χ3v) is 6.19. The molecule has 1 spiro atoms. The lowest BCUT2D eigenvalue weighted by Gasteiger charge is -2.57. The van der Waals surface area contributed by atoms with Crippen molar-refractivity contribution < 1.29 is 19.2 Å². The second-order valence-electron chi connectivity index (χ2n) is 8.03. The molecule has 4 aliphatic heterocycles. The monoisotopic (exact) mass is 296 g/mol. The van der Waals surface area contributed by atoms with Crippen molar-refractivity contribution in [2.45, 2.75) is 77.0 Å². The van der Waals surface area contributed by atoms with Crippen molar-refractivity contribution in [2.24, 2.45) is 23.7 Å². The lowest BCUT2D eigenvalue weighted by molar-refractivity contribution is -0.569. The highest BCUT2D eigenvalue weighted by atomic mass is 17.3. The molecular formula is C17H28O4. The van der Waals surface area contributed by atoms with Crippen molar-refractivity contribution in [3.05, 3.63) is 0 Å². The Bertz CT molecular complexity index is 408. The lowest BCUT2D eigenvalue weighted by Crippen LogP contribution is -2.67. The average molecular weight is 296 g/mol. The summed E-state index contributed by atoms with van der Waals surface area (Å²) in [4.78, 5) is 12.1. The second kappa shape index (κ2) is 4.92. The molecule has 4 saturated heterocycles. The summed E-state index contributed by atoms with van der Waals surface area (Å²) in [5.74, 6) is 1.60. The van der Waals surface area contributed by atoms with E-state index in [9.17, 15) is 0 Å². The molecule has 0 aromatic carbocycles. The predicted molar refractivity (Wildman–Crippen MR) is 77.1 cm³/mol. The van der Waals surface area contributed by atoms with Crippen LogP contribution in [0.2, 0.25) is 0 Å². The largest absolute Gasteiger partial charge is 0.349 e. The molecule has 0 amide bonds. The number of rotatable bonds is 2. The molecule has 120 valence electrons. The van der Waals surface area contributed by atoms with Gasteiger partial charge in [0, 0.05) is 12.8 Å². The number of ether oxygens (including phenoxy) is 2. The number of fused-ring (bicyclic) bond motifs is 2. The van der Waals surface area contributed by atoms with Crippen LogP contribution in [0.4, 0.5) is 0 Å². The zero-order chi connectivity index (χ0) is 14.7. The van der Waals surface area contributed by atoms with E-state index in [1.165, 1.54) is 12.8 Å². The molecule has 0 N–H and O–H groups in total. The normalized spacial score (nSPS) is 52.6. The molecule has 5 aliphatic rings. The fraction of sp³-hybridized carbons (Fsp3) is 1.00. The Hall–Kier alpha value is -0.160. The first kappa shape index (κ1) is 14.4. The Morgan fingerprint density at radius 3 is 2.76 bits per heavy atom. The van der Waals surface area contributed by atoms with E-state index >= 15 is 0 Å². The summed E-state index contributed by atoms with van der Waals surface area (Å²) in [5.41, 5.74) is -0.354. The maximum atomic E-state index is 6.42. The zero-order valence-electron chi connectivity index (χ0n) is 13.5. The van der Waals surface area contributed by atoms with Crippen molar-refractivity contribution in [1.82, 2.24) is 0 Å². The van der Waals surface area contributed by atoms with Crippen molar-refractivity contribution in [1.29, 1.82) is 0 Å². The third-order valence-electron chi connectivity index (χ3n) is 6.19. The van der Waals surface area contributed by atoms with E-state index < -0.39 is 5.79 Å². The molecule has 2 bridgehead atoms. The standard InChI is InChI=1S/C17H28O4/c1-11(2)10-16-8-6-14-12(3)4-5-13-7-9-18-15(19-16)17(13,14)21-20-16/h11-15H,4-10H2,1-3H3/t12-,13+,14+,15-,16+,17+/m1/s1. The van der Waals surface area contributed by atoms with Crippen LogP contribution in [0.1, 0.15) is 59.3 Å². The fourth-order valence-electron chi connectivity index (χ4n) is 5.27. The van der Waals surface area contributed by atoms with Gasteiger partial charge in [0.2, 0.25) is 5.79 Å². The van der Waals surface area contributed by atoms with Crippen molar-refractivity contribution in [3.8, 4) is 0 Å². The molecule has 4 nitrogen and oxygen atoms in total. The van der Waals surface area contributed by atoms with Gasteiger partial charge in [-0.25, -0.2) is 9.78 Å². The van der Waals surface area contributed by atoms with Crippen LogP contribution >= 0.6 is 0 Å². The molecule has 0 aromatic heterocycles. The van der Waals surface area contributed by atoms with Crippen LogP contribution in [0.15, 0.2) is 0 Å². The van der Waals surface area contributed by atoms with Crippen molar-refractivity contribution in [3.63, 3.8) is 0 Å². The average Bonchev–Trinajstić information content (AvgIpc) is 2.68. The third kappa shape index (κ3) is 2.03. The van der Waals surface area contributed by atoms with Crippen LogP contribution in [0.3, 0.4) is 0 Å². The minimum absolute atomic E-state index is 0.237. The van der Waals surface area contributed by atoms with Crippen molar-refractivity contribution >= 4 is 0 Å². The Morgan fingerprint density at radius 2 is 1.95 bits per heavy atom. The minimum atomic E-state index is -0.594. The molecule has 4 heterocycles. The first-order valence-electron chi connectivity index (χ1n) is 8.72. The van der Waals surface area contributed by atoms with E-state index in [-0.39, 0.29) is 11.9 Å². The van der Waals surface area contributed by atoms with Crippen LogP contribution in [0, 0.1) is 23.7 Å². The van der Waals surface area contributed by atoms with Gasteiger partial charge in [0.05, 0.1) is 6.61 Å². The summed E-state index contributed by atoms with van der Waals surface area (Å²) in [7, 11) is 0. The zero-order valence-corrected chi connectivity index (χ0v) is 13.5. The molecule has 21 heavy (non-hydrogen) atoms. The SMILES string of the molecule is CC(C)C[C@@]12CC[C@H]3[C@H](C)CC[C@H]4CCO[C@H](O1)[C@]43OO2. The molecule has 0 unspecified atom stereocenters. The molecule has 1 saturated carbocycles. The van der Waals surface area contributed by atoms with Crippen LogP contribution in [-0.4, -0.2) is 24.3 Å². The molecule has 5 fully saturated rings. The smallest absolute Gasteiger partial charge is 0.204 e. The van der Waals surface area contributed by atoms with Crippen LogP contribution in [0.5, 0.6) is 0 Å². The highest BCUT2D eigenvalue weighted by molar-refractivity contribution is 5.07. The molecule has 0 radical (unpaired) electrons. The van der Waals surface area contributed by atoms with E-state index in [0.29, 0.717) is 23.7 Å². The topological polar surface area (TPSA) is 36.9 Å². The van der Waals surface area contributed by atoms with Gasteiger partial charge in [-0.3, -0.25) is 0 Å². The Morgan fingerprint density at radius 1 is 1.10 bits per heavy atom. The van der Waals surface area contributed by atoms with E-state index in [0.717, 1.165) is 32.3 Å². The van der Waals surface area contributed by atoms with Crippen molar-refractivity contribution in [2.75, 3.05) is 6.61 Å².